The summed E-state index contributed by atoms with van der Waals surface area (Å²) in [5.74, 6) is -1.76. The summed E-state index contributed by atoms with van der Waals surface area (Å²) < 4.78 is 30.5. The zero-order valence-corrected chi connectivity index (χ0v) is 22.0. The smallest absolute Gasteiger partial charge is 0.464 e. The number of aromatic amines is 1. The summed E-state index contributed by atoms with van der Waals surface area (Å²) in [6.07, 6.45) is 2.01. The van der Waals surface area contributed by atoms with Crippen LogP contribution in [-0.2, 0) is 20.4 Å². The molecule has 0 saturated carbocycles. The zero-order valence-electron chi connectivity index (χ0n) is 21.1. The van der Waals surface area contributed by atoms with Crippen LogP contribution in [0.1, 0.15) is 31.0 Å². The van der Waals surface area contributed by atoms with Crippen molar-refractivity contribution >= 4 is 36.2 Å². The fraction of sp³-hybridized carbons (Fsp3) is 0.360. The molecule has 5 rings (SSSR count). The summed E-state index contributed by atoms with van der Waals surface area (Å²) in [4.78, 5) is 63.1. The molecule has 0 radical (unpaired) electrons. The van der Waals surface area contributed by atoms with Gasteiger partial charge in [-0.15, -0.1) is 4.62 Å². The van der Waals surface area contributed by atoms with Gasteiger partial charge in [-0.3, -0.25) is 19.1 Å². The SMILES string of the molecule is CC1C(=O)N(c2cc(Cc3n[nH]c(=O)c4ccccc34)ccc2F)C(=O)[N+]1(CCN1CCCC1)OP(=O)([O-])O. The molecule has 3 heterocycles. The number of amides is 3. The molecule has 1 aromatic heterocycles. The molecular weight excluding hydrogens is 532 g/mol. The first-order chi connectivity index (χ1) is 18.5. The van der Waals surface area contributed by atoms with Crippen LogP contribution in [-0.4, -0.2) is 68.8 Å². The topological polar surface area (TPSA) is 156 Å². The molecular formula is C25H27FN5O7P. The van der Waals surface area contributed by atoms with E-state index in [-0.39, 0.29) is 30.8 Å². The second kappa shape index (κ2) is 10.3. The Morgan fingerprint density at radius 2 is 1.87 bits per heavy atom. The molecule has 0 bridgehead atoms. The summed E-state index contributed by atoms with van der Waals surface area (Å²) in [6.45, 7) is 2.75. The highest BCUT2D eigenvalue weighted by atomic mass is 31.2. The van der Waals surface area contributed by atoms with Gasteiger partial charge in [0.15, 0.2) is 0 Å². The maximum atomic E-state index is 15.1. The molecule has 2 saturated heterocycles. The number of urea groups is 1. The van der Waals surface area contributed by atoms with E-state index >= 15 is 4.39 Å². The van der Waals surface area contributed by atoms with E-state index < -0.39 is 36.3 Å². The Hall–Kier alpha value is -3.32. The Morgan fingerprint density at radius 1 is 1.18 bits per heavy atom. The fourth-order valence-corrected chi connectivity index (χ4v) is 5.93. The largest absolute Gasteiger partial charge is 0.752 e. The molecule has 0 spiro atoms. The molecule has 39 heavy (non-hydrogen) atoms. The van der Waals surface area contributed by atoms with E-state index in [1.165, 1.54) is 19.1 Å². The maximum absolute atomic E-state index is 15.1. The van der Waals surface area contributed by atoms with E-state index in [2.05, 4.69) is 10.2 Å². The molecule has 2 aliphatic rings. The number of nitrogens with zero attached hydrogens (tertiary/aromatic N) is 4. The number of imide groups is 1. The van der Waals surface area contributed by atoms with Crippen molar-refractivity contribution in [2.75, 3.05) is 31.1 Å². The van der Waals surface area contributed by atoms with Gasteiger partial charge >= 0.3 is 13.9 Å². The van der Waals surface area contributed by atoms with Gasteiger partial charge in [0, 0.05) is 18.7 Å². The lowest BCUT2D eigenvalue weighted by Crippen LogP contribution is -2.57. The number of benzene rings is 2. The molecule has 206 valence electrons. The number of carbonyl (C=O) groups excluding carboxylic acids is 2. The molecule has 0 aliphatic carbocycles. The predicted molar refractivity (Wildman–Crippen MR) is 136 cm³/mol. The van der Waals surface area contributed by atoms with Gasteiger partial charge in [0.05, 0.1) is 23.3 Å². The minimum Gasteiger partial charge on any atom is -0.752 e. The number of hydrogen-bond donors (Lipinski definition) is 2. The number of hydroxylamine groups is 3. The van der Waals surface area contributed by atoms with Crippen LogP contribution < -0.4 is 15.4 Å². The van der Waals surface area contributed by atoms with Crippen LogP contribution in [0, 0.1) is 5.82 Å². The van der Waals surface area contributed by atoms with Crippen LogP contribution in [0.5, 0.6) is 0 Å². The van der Waals surface area contributed by atoms with Crippen molar-refractivity contribution in [2.45, 2.75) is 32.2 Å². The van der Waals surface area contributed by atoms with Gasteiger partial charge < -0.3 is 9.79 Å². The fourth-order valence-electron chi connectivity index (χ4n) is 5.27. The Kier molecular flexibility index (Phi) is 7.23. The van der Waals surface area contributed by atoms with Crippen LogP contribution in [0.15, 0.2) is 47.3 Å². The van der Waals surface area contributed by atoms with Gasteiger partial charge in [-0.05, 0) is 49.7 Å². The average molecular weight is 559 g/mol. The lowest BCUT2D eigenvalue weighted by molar-refractivity contribution is -1.02. The van der Waals surface area contributed by atoms with E-state index in [0.29, 0.717) is 26.9 Å². The molecule has 3 aromatic rings. The highest BCUT2D eigenvalue weighted by molar-refractivity contribution is 7.44. The van der Waals surface area contributed by atoms with Crippen molar-refractivity contribution in [3.05, 3.63) is 69.9 Å². The molecule has 2 fully saturated rings. The lowest BCUT2D eigenvalue weighted by atomic mass is 10.0. The van der Waals surface area contributed by atoms with Crippen molar-refractivity contribution < 1.29 is 37.6 Å². The highest BCUT2D eigenvalue weighted by Crippen LogP contribution is 2.43. The Bertz CT molecular complexity index is 1550. The van der Waals surface area contributed by atoms with Crippen LogP contribution >= 0.6 is 7.82 Å². The van der Waals surface area contributed by atoms with E-state index in [1.807, 2.05) is 4.90 Å². The number of fused-ring (bicyclic) bond motifs is 1. The van der Waals surface area contributed by atoms with Crippen molar-refractivity contribution in [3.8, 4) is 0 Å². The summed E-state index contributed by atoms with van der Waals surface area (Å²) in [5, 5.41) is 7.57. The quantitative estimate of drug-likeness (QED) is 0.239. The number of halogens is 1. The molecule has 2 N–H and O–H groups in total. The molecule has 2 aromatic carbocycles. The van der Waals surface area contributed by atoms with Gasteiger partial charge in [-0.2, -0.15) is 10.00 Å². The van der Waals surface area contributed by atoms with Crippen molar-refractivity contribution in [2.24, 2.45) is 0 Å². The number of rotatable bonds is 8. The van der Waals surface area contributed by atoms with Crippen molar-refractivity contribution in [3.63, 3.8) is 0 Å². The molecule has 12 nitrogen and oxygen atoms in total. The Balaban J connectivity index is 1.50. The number of hydrogen-bond acceptors (Lipinski definition) is 8. The van der Waals surface area contributed by atoms with Gasteiger partial charge in [-0.25, -0.2) is 14.3 Å². The van der Waals surface area contributed by atoms with Crippen molar-refractivity contribution in [1.82, 2.24) is 15.1 Å². The molecule has 3 atom stereocenters. The Labute approximate surface area is 222 Å². The standard InChI is InChI=1S/C25H27FN5O7P/c1-16-24(33)30(25(34)31(16,38-39(35,36)37)13-12-29-10-4-5-11-29)22-15-17(8-9-20(22)26)14-21-18-6-2-3-7-19(18)23(32)28-27-21/h2-3,6-9,15-16H,4-5,10-14H2,1H3,(H2-,28,32,35,36,37). The zero-order chi connectivity index (χ0) is 27.9. The van der Waals surface area contributed by atoms with E-state index in [9.17, 15) is 28.7 Å². The molecule has 2 aliphatic heterocycles. The third kappa shape index (κ3) is 5.17. The normalized spacial score (nSPS) is 23.6. The number of H-pyrrole nitrogens is 1. The van der Waals surface area contributed by atoms with E-state index in [0.717, 1.165) is 32.0 Å². The summed E-state index contributed by atoms with van der Waals surface area (Å²) in [5.41, 5.74) is 0.219. The number of phosphoric acid groups is 1. The highest BCUT2D eigenvalue weighted by Gasteiger charge is 2.63. The van der Waals surface area contributed by atoms with Gasteiger partial charge in [-0.1, -0.05) is 28.9 Å². The average Bonchev–Trinajstić information content (AvgIpc) is 3.48. The summed E-state index contributed by atoms with van der Waals surface area (Å²) >= 11 is 0. The Morgan fingerprint density at radius 3 is 2.56 bits per heavy atom. The predicted octanol–water partition coefficient (Wildman–Crippen LogP) is 1.81. The minimum atomic E-state index is -5.48. The van der Waals surface area contributed by atoms with Crippen LogP contribution in [0.25, 0.3) is 10.8 Å². The minimum absolute atomic E-state index is 0.133. The summed E-state index contributed by atoms with van der Waals surface area (Å²) in [6, 6.07) is 8.19. The van der Waals surface area contributed by atoms with E-state index in [1.54, 1.807) is 24.3 Å². The number of carbonyl (C=O) groups is 2. The van der Waals surface area contributed by atoms with Crippen LogP contribution in [0.2, 0.25) is 0 Å². The van der Waals surface area contributed by atoms with Gasteiger partial charge in [0.1, 0.15) is 12.4 Å². The molecule has 3 amide bonds. The molecule has 14 heteroatoms. The number of likely N-dealkylation sites (tertiary alicyclic amines) is 1. The van der Waals surface area contributed by atoms with Gasteiger partial charge in [0.25, 0.3) is 11.5 Å². The van der Waals surface area contributed by atoms with Crippen LogP contribution in [0.4, 0.5) is 14.9 Å². The lowest BCUT2D eigenvalue weighted by Gasteiger charge is -2.34. The van der Waals surface area contributed by atoms with Crippen LogP contribution in [0.3, 0.4) is 0 Å². The maximum Gasteiger partial charge on any atom is 0.464 e. The van der Waals surface area contributed by atoms with Gasteiger partial charge in [0.2, 0.25) is 6.04 Å². The summed E-state index contributed by atoms with van der Waals surface area (Å²) in [7, 11) is -5.48. The van der Waals surface area contributed by atoms with E-state index in [4.69, 9.17) is 4.62 Å². The van der Waals surface area contributed by atoms with Crippen molar-refractivity contribution in [1.29, 1.82) is 0 Å². The third-order valence-corrected chi connectivity index (χ3v) is 7.81. The number of anilines is 1. The third-order valence-electron chi connectivity index (χ3n) is 7.31. The first-order valence-corrected chi connectivity index (χ1v) is 14.0. The second-order valence-electron chi connectivity index (χ2n) is 9.76. The number of nitrogens with one attached hydrogen (secondary N) is 1. The number of aromatic nitrogens is 2. The monoisotopic (exact) mass is 559 g/mol. The second-order valence-corrected chi connectivity index (χ2v) is 10.9. The molecule has 3 unspecified atom stereocenters. The first kappa shape index (κ1) is 27.3. The first-order valence-electron chi connectivity index (χ1n) is 12.5. The number of quaternary nitrogens is 1.